The molecule has 0 aromatic rings. The zero-order valence-corrected chi connectivity index (χ0v) is 6.81. The quantitative estimate of drug-likeness (QED) is 0.457. The Morgan fingerprint density at radius 1 is 1.00 bits per heavy atom. The van der Waals surface area contributed by atoms with Crippen LogP contribution < -0.4 is 11.5 Å². The molecule has 0 aliphatic rings. The summed E-state index contributed by atoms with van der Waals surface area (Å²) in [5, 5.41) is 2.52. The minimum absolute atomic E-state index is 0.772. The van der Waals surface area contributed by atoms with Crippen LogP contribution in [0.5, 0.6) is 0 Å². The average molecular weight is 181 g/mol. The van der Waals surface area contributed by atoms with Gasteiger partial charge < -0.3 is 0 Å². The van der Waals surface area contributed by atoms with Gasteiger partial charge in [-0.05, 0) is 0 Å². The minimum atomic E-state index is 0.772. The van der Waals surface area contributed by atoms with Gasteiger partial charge in [0.2, 0.25) is 0 Å². The van der Waals surface area contributed by atoms with E-state index in [1.54, 1.807) is 0 Å². The van der Waals surface area contributed by atoms with Crippen molar-refractivity contribution in [3.8, 4) is 0 Å². The Kier molecular flexibility index (Phi) is 7.85. The van der Waals surface area contributed by atoms with Crippen molar-refractivity contribution in [2.75, 3.05) is 13.1 Å². The van der Waals surface area contributed by atoms with E-state index in [2.05, 4.69) is 0 Å². The van der Waals surface area contributed by atoms with E-state index in [1.165, 1.54) is 17.1 Å². The summed E-state index contributed by atoms with van der Waals surface area (Å²) in [5.41, 5.74) is 10.6. The van der Waals surface area contributed by atoms with E-state index in [-0.39, 0.29) is 0 Å². The fraction of sp³-hybridized carbons (Fsp3) is 1.00. The van der Waals surface area contributed by atoms with Gasteiger partial charge in [-0.15, -0.1) is 0 Å². The second kappa shape index (κ2) is 7.44. The first-order chi connectivity index (χ1) is 3.91. The van der Waals surface area contributed by atoms with Gasteiger partial charge in [-0.3, -0.25) is 0 Å². The van der Waals surface area contributed by atoms with Crippen molar-refractivity contribution in [3.63, 3.8) is 0 Å². The molecular weight excluding hydrogens is 167 g/mol. The summed E-state index contributed by atoms with van der Waals surface area (Å²) in [7, 11) is 0. The first kappa shape index (κ1) is 8.44. The average Bonchev–Trinajstić information content (AvgIpc) is 1.81. The molecule has 0 aliphatic heterocycles. The molecule has 0 aromatic heterocycles. The standard InChI is InChI=1S/C5H14N2Se/c6-2-1-4-8-5-3-7/h1-7H2. The number of hydrogen-bond acceptors (Lipinski definition) is 2. The molecule has 50 valence electrons. The fourth-order valence-corrected chi connectivity index (χ4v) is 1.93. The molecule has 0 bridgehead atoms. The summed E-state index contributed by atoms with van der Waals surface area (Å²) >= 11 is 0.772. The second-order valence-electron chi connectivity index (χ2n) is 1.54. The van der Waals surface area contributed by atoms with E-state index in [0.717, 1.165) is 28.0 Å². The number of rotatable bonds is 5. The van der Waals surface area contributed by atoms with Gasteiger partial charge in [0.1, 0.15) is 0 Å². The molecule has 4 N–H and O–H groups in total. The molecule has 0 atom stereocenters. The van der Waals surface area contributed by atoms with Crippen LogP contribution >= 0.6 is 0 Å². The molecule has 8 heavy (non-hydrogen) atoms. The van der Waals surface area contributed by atoms with Crippen LogP contribution in [-0.2, 0) is 0 Å². The van der Waals surface area contributed by atoms with Crippen LogP contribution in [0.2, 0.25) is 10.6 Å². The van der Waals surface area contributed by atoms with Crippen LogP contribution in [0.15, 0.2) is 0 Å². The van der Waals surface area contributed by atoms with Crippen molar-refractivity contribution in [2.45, 2.75) is 17.1 Å². The molecule has 0 amide bonds. The van der Waals surface area contributed by atoms with Gasteiger partial charge in [0, 0.05) is 0 Å². The summed E-state index contributed by atoms with van der Waals surface area (Å²) in [6, 6.07) is 0. The topological polar surface area (TPSA) is 52.0 Å². The molecule has 0 saturated heterocycles. The summed E-state index contributed by atoms with van der Waals surface area (Å²) in [6.07, 6.45) is 1.18. The van der Waals surface area contributed by atoms with Crippen molar-refractivity contribution >= 4 is 15.0 Å². The maximum atomic E-state index is 5.30. The van der Waals surface area contributed by atoms with Crippen LogP contribution in [0.1, 0.15) is 6.42 Å². The molecular formula is C5H14N2Se. The first-order valence-corrected chi connectivity index (χ1v) is 5.32. The molecule has 0 aliphatic carbocycles. The molecule has 0 fully saturated rings. The molecule has 0 heterocycles. The summed E-state index contributed by atoms with van der Waals surface area (Å²) in [4.78, 5) is 0. The third-order valence-corrected chi connectivity index (χ3v) is 3.07. The number of nitrogens with two attached hydrogens (primary N) is 2. The van der Waals surface area contributed by atoms with E-state index in [9.17, 15) is 0 Å². The SMILES string of the molecule is NCCC[Se]CCN. The Hall–Kier alpha value is 0.439. The molecule has 0 rings (SSSR count). The van der Waals surface area contributed by atoms with E-state index >= 15 is 0 Å². The van der Waals surface area contributed by atoms with Crippen LogP contribution in [0, 0.1) is 0 Å². The molecule has 0 spiro atoms. The Morgan fingerprint density at radius 2 is 1.75 bits per heavy atom. The van der Waals surface area contributed by atoms with Gasteiger partial charge in [-0.25, -0.2) is 0 Å². The predicted molar refractivity (Wildman–Crippen MR) is 38.1 cm³/mol. The summed E-state index contributed by atoms with van der Waals surface area (Å²) in [6.45, 7) is 1.69. The summed E-state index contributed by atoms with van der Waals surface area (Å²) in [5.74, 6) is 0. The summed E-state index contributed by atoms with van der Waals surface area (Å²) < 4.78 is 0. The van der Waals surface area contributed by atoms with Crippen LogP contribution in [0.4, 0.5) is 0 Å². The van der Waals surface area contributed by atoms with E-state index in [0.29, 0.717) is 0 Å². The molecule has 0 radical (unpaired) electrons. The monoisotopic (exact) mass is 182 g/mol. The zero-order chi connectivity index (χ0) is 6.24. The van der Waals surface area contributed by atoms with Gasteiger partial charge in [-0.2, -0.15) is 0 Å². The molecule has 0 aromatic carbocycles. The van der Waals surface area contributed by atoms with Crippen molar-refractivity contribution < 1.29 is 0 Å². The van der Waals surface area contributed by atoms with Crippen LogP contribution in [0.3, 0.4) is 0 Å². The Balaban J connectivity index is 2.53. The molecule has 0 saturated carbocycles. The molecule has 2 nitrogen and oxygen atoms in total. The normalized spacial score (nSPS) is 9.75. The van der Waals surface area contributed by atoms with E-state index in [1.807, 2.05) is 0 Å². The van der Waals surface area contributed by atoms with Crippen LogP contribution in [0.25, 0.3) is 0 Å². The van der Waals surface area contributed by atoms with Crippen molar-refractivity contribution in [3.05, 3.63) is 0 Å². The van der Waals surface area contributed by atoms with Crippen LogP contribution in [-0.4, -0.2) is 28.0 Å². The Morgan fingerprint density at radius 3 is 2.25 bits per heavy atom. The predicted octanol–water partition coefficient (Wildman–Crippen LogP) is -0.165. The van der Waals surface area contributed by atoms with Gasteiger partial charge in [0.25, 0.3) is 0 Å². The maximum absolute atomic E-state index is 5.30. The zero-order valence-electron chi connectivity index (χ0n) is 5.10. The van der Waals surface area contributed by atoms with Gasteiger partial charge in [-0.1, -0.05) is 0 Å². The third-order valence-electron chi connectivity index (χ3n) is 0.755. The van der Waals surface area contributed by atoms with Gasteiger partial charge in [0.05, 0.1) is 0 Å². The second-order valence-corrected chi connectivity index (χ2v) is 4.11. The first-order valence-electron chi connectivity index (χ1n) is 2.89. The van der Waals surface area contributed by atoms with Crippen molar-refractivity contribution in [1.29, 1.82) is 0 Å². The van der Waals surface area contributed by atoms with E-state index < -0.39 is 0 Å². The molecule has 3 heteroatoms. The van der Waals surface area contributed by atoms with Gasteiger partial charge in [0.15, 0.2) is 0 Å². The van der Waals surface area contributed by atoms with E-state index in [4.69, 9.17) is 11.5 Å². The van der Waals surface area contributed by atoms with Crippen molar-refractivity contribution in [1.82, 2.24) is 0 Å². The number of hydrogen-bond donors (Lipinski definition) is 2. The molecule has 0 unspecified atom stereocenters. The Bertz CT molecular complexity index is 35.4. The fourth-order valence-electron chi connectivity index (χ4n) is 0.371. The van der Waals surface area contributed by atoms with Gasteiger partial charge >= 0.3 is 56.6 Å². The Labute approximate surface area is 57.2 Å². The third kappa shape index (κ3) is 6.44. The van der Waals surface area contributed by atoms with Crippen molar-refractivity contribution in [2.24, 2.45) is 11.5 Å².